The second-order valence-electron chi connectivity index (χ2n) is 31.7. The van der Waals surface area contributed by atoms with Crippen molar-refractivity contribution in [3.05, 3.63) is 431 Å². The molecule has 20 rings (SSSR count). The SMILES string of the molecule is [C-]#[N+]c1cnn(-c2ccccn2)c1N=Nc1c(O)c(C(=O)Nc2ccc(C)cc2)cc2ccccc12.[C-]#[N+]c1cnn(-c2ccccn2)c1N=Nc1c(O)c(C(=O)Nc2cccc(C)c2)cc2ccccc12.[C-]#[N+]c1cnn(-c2ccccn2)c1N=Nc1c(O)c(C(=O)Nc2ccccc2)cc2cc(CO)ccc12.[C-]#[N+]c1cnn(-c2ccccn2)c1N=Nc1c(O)c(C(=O)Nc2ccccc2C)cc2ccccc12. The van der Waals surface area contributed by atoms with Crippen molar-refractivity contribution in [1.82, 2.24) is 59.1 Å². The summed E-state index contributed by atoms with van der Waals surface area (Å²) in [4.78, 5) is 83.3. The van der Waals surface area contributed by atoms with Gasteiger partial charge in [0.1, 0.15) is 22.7 Å². The van der Waals surface area contributed by atoms with E-state index in [0.29, 0.717) is 94.7 Å². The highest BCUT2D eigenvalue weighted by Gasteiger charge is 2.27. The number of anilines is 4. The number of carbonyl (C=O) groups is 4. The number of pyridine rings is 4. The lowest BCUT2D eigenvalue weighted by molar-refractivity contribution is 0.101. The van der Waals surface area contributed by atoms with Crippen LogP contribution in [0.1, 0.15) is 63.7 Å². The molecular weight excluding hydrogens is 1830 g/mol. The number of aryl methyl sites for hydroxylation is 3. The first-order valence-electron chi connectivity index (χ1n) is 44.0. The molecule has 12 aromatic carbocycles. The van der Waals surface area contributed by atoms with Gasteiger partial charge in [-0.1, -0.05) is 175 Å². The Kier molecular flexibility index (Phi) is 28.7. The summed E-state index contributed by atoms with van der Waals surface area (Å²) < 4.78 is 5.55. The Balaban J connectivity index is 0.000000132. The number of fused-ring (bicyclic) bond motifs is 4. The Morgan fingerprint density at radius 3 is 0.972 bits per heavy atom. The van der Waals surface area contributed by atoms with Crippen molar-refractivity contribution in [2.75, 3.05) is 21.3 Å². The zero-order valence-electron chi connectivity index (χ0n) is 76.6. The first-order valence-corrected chi connectivity index (χ1v) is 44.0. The smallest absolute Gasteiger partial charge is 0.259 e. The third-order valence-electron chi connectivity index (χ3n) is 22.1. The number of aromatic hydroxyl groups is 4. The summed E-state index contributed by atoms with van der Waals surface area (Å²) in [5.74, 6) is -0.953. The van der Waals surface area contributed by atoms with Crippen LogP contribution in [0.15, 0.2) is 382 Å². The first kappa shape index (κ1) is 95.3. The van der Waals surface area contributed by atoms with Crippen LogP contribution in [0.4, 0.5) is 91.5 Å². The number of phenols is 4. The Hall–Kier alpha value is -21.5. The summed E-state index contributed by atoms with van der Waals surface area (Å²) in [5, 5.41) is 121. The molecule has 8 aromatic heterocycles. The molecule has 0 unspecified atom stereocenters. The van der Waals surface area contributed by atoms with Crippen LogP contribution in [0.2, 0.25) is 0 Å². The molecule has 0 aliphatic rings. The number of nitrogens with zero attached hydrogens (tertiary/aromatic N) is 24. The molecular formula is C108H76N28O9. The number of aliphatic hydroxyl groups is 1. The number of rotatable bonds is 21. The van der Waals surface area contributed by atoms with Gasteiger partial charge in [0, 0.05) is 69.1 Å². The fourth-order valence-electron chi connectivity index (χ4n) is 15.0. The van der Waals surface area contributed by atoms with Crippen LogP contribution in [0.25, 0.3) is 85.7 Å². The van der Waals surface area contributed by atoms with E-state index in [2.05, 4.69) is 122 Å². The maximum absolute atomic E-state index is 13.1. The lowest BCUT2D eigenvalue weighted by Gasteiger charge is -2.12. The summed E-state index contributed by atoms with van der Waals surface area (Å²) in [7, 11) is 0. The van der Waals surface area contributed by atoms with Gasteiger partial charge < -0.3 is 46.8 Å². The average Bonchev–Trinajstić information content (AvgIpc) is 0.962. The molecule has 9 N–H and O–H groups in total. The third-order valence-corrected chi connectivity index (χ3v) is 22.1. The van der Waals surface area contributed by atoms with Crippen LogP contribution in [-0.2, 0) is 6.61 Å². The lowest BCUT2D eigenvalue weighted by Crippen LogP contribution is -2.13. The zero-order chi connectivity index (χ0) is 101. The van der Waals surface area contributed by atoms with Crippen LogP contribution in [0, 0.1) is 47.1 Å². The molecule has 145 heavy (non-hydrogen) atoms. The minimum Gasteiger partial charge on any atom is -0.505 e. The number of phenolic OH excluding ortho intramolecular Hbond substituents is 4. The van der Waals surface area contributed by atoms with Crippen molar-refractivity contribution >= 4 is 158 Å². The zero-order valence-corrected chi connectivity index (χ0v) is 76.6. The van der Waals surface area contributed by atoms with E-state index in [1.54, 1.807) is 219 Å². The molecule has 37 nitrogen and oxygen atoms in total. The minimum atomic E-state index is -0.545. The van der Waals surface area contributed by atoms with Crippen molar-refractivity contribution in [1.29, 1.82) is 0 Å². The molecule has 0 saturated carbocycles. The van der Waals surface area contributed by atoms with Crippen LogP contribution in [0.3, 0.4) is 0 Å². The highest BCUT2D eigenvalue weighted by Crippen LogP contribution is 2.47. The molecule has 0 radical (unpaired) electrons. The highest BCUT2D eigenvalue weighted by molar-refractivity contribution is 6.15. The van der Waals surface area contributed by atoms with E-state index in [0.717, 1.165) is 16.7 Å². The number of aliphatic hydroxyl groups excluding tert-OH is 1. The Morgan fingerprint density at radius 2 is 0.621 bits per heavy atom. The van der Waals surface area contributed by atoms with Gasteiger partial charge in [0.2, 0.25) is 0 Å². The predicted molar refractivity (Wildman–Crippen MR) is 547 cm³/mol. The van der Waals surface area contributed by atoms with Gasteiger partial charge in [-0.15, -0.1) is 40.9 Å². The van der Waals surface area contributed by atoms with E-state index in [1.807, 2.05) is 112 Å². The Labute approximate surface area is 824 Å². The van der Waals surface area contributed by atoms with Crippen molar-refractivity contribution < 1.29 is 44.7 Å². The maximum Gasteiger partial charge on any atom is 0.259 e. The van der Waals surface area contributed by atoms with Crippen molar-refractivity contribution in [2.24, 2.45) is 40.9 Å². The third kappa shape index (κ3) is 21.2. The normalized spacial score (nSPS) is 11.0. The van der Waals surface area contributed by atoms with Crippen LogP contribution in [-0.4, -0.2) is 108 Å². The second kappa shape index (κ2) is 43.7. The molecule has 37 heteroatoms. The molecule has 0 spiro atoms. The quantitative estimate of drug-likeness (QED) is 0.0238. The maximum atomic E-state index is 13.1. The highest BCUT2D eigenvalue weighted by atomic mass is 16.3. The summed E-state index contributed by atoms with van der Waals surface area (Å²) in [6.07, 6.45) is 11.9. The van der Waals surface area contributed by atoms with Gasteiger partial charge in [-0.2, -0.15) is 20.4 Å². The van der Waals surface area contributed by atoms with Crippen LogP contribution < -0.4 is 21.3 Å². The van der Waals surface area contributed by atoms with Gasteiger partial charge in [0.15, 0.2) is 69.5 Å². The second-order valence-corrected chi connectivity index (χ2v) is 31.7. The number of hydrogen-bond acceptors (Lipinski definition) is 25. The number of azo groups is 4. The molecule has 0 aliphatic heterocycles. The van der Waals surface area contributed by atoms with E-state index in [-0.39, 0.29) is 121 Å². The monoisotopic (exact) mass is 1910 g/mol. The fraction of sp³-hybridized carbons (Fsp3) is 0.0370. The Bertz CT molecular complexity index is 8670. The van der Waals surface area contributed by atoms with Gasteiger partial charge in [-0.05, 0) is 180 Å². The first-order chi connectivity index (χ1) is 70.7. The summed E-state index contributed by atoms with van der Waals surface area (Å²) in [6, 6.07) is 85.1. The topological polar surface area (TPSA) is 457 Å². The van der Waals surface area contributed by atoms with Crippen molar-refractivity contribution in [2.45, 2.75) is 27.4 Å². The van der Waals surface area contributed by atoms with E-state index in [4.69, 9.17) is 26.3 Å². The van der Waals surface area contributed by atoms with E-state index in [1.165, 1.54) is 49.6 Å². The van der Waals surface area contributed by atoms with E-state index >= 15 is 0 Å². The Morgan fingerprint density at radius 1 is 0.303 bits per heavy atom. The molecule has 0 atom stereocenters. The number of nitrogens with one attached hydrogen (secondary N) is 4. The van der Waals surface area contributed by atoms with E-state index in [9.17, 15) is 44.7 Å². The molecule has 0 saturated heterocycles. The van der Waals surface area contributed by atoms with Gasteiger partial charge in [-0.25, -0.2) is 58.0 Å². The standard InChI is InChI=1S/C27H19N7O3.3C27H19N7O2/c1-28-22-15-30-34(23-9-5-6-12-29-23)26(22)33-32-24-20-11-10-17(16-35)13-18(20)14-21(25(24)36)27(37)31-19-7-3-2-4-8-19;1-17-9-3-6-12-21(17)31-27(36)20-15-18-10-4-5-11-19(18)24(25(20)35)32-33-26-22(28-2)16-30-34(26)23-13-7-8-14-29-23;1-17-8-7-10-19(14-17)31-27(36)21-15-18-9-3-4-11-20(18)24(25(21)35)32-33-26-22(28-2)16-30-34(26)23-12-5-6-13-29-23;1-17-10-12-19(13-11-17)31-27(36)21-15-18-7-3-4-8-20(18)24(25(21)35)32-33-26-22(28-2)16-30-34(26)23-9-5-6-14-29-23/h2-15,35-36H,16H2,(H,31,37);3*3-16,35H,1H3,(H,31,36). The molecule has 0 aliphatic carbocycles. The number of carbonyl (C=O) groups excluding carboxylic acids is 4. The summed E-state index contributed by atoms with van der Waals surface area (Å²) in [6.45, 7) is 35.5. The molecule has 0 bridgehead atoms. The molecule has 4 amide bonds. The fourth-order valence-corrected chi connectivity index (χ4v) is 15.0. The molecule has 702 valence electrons. The van der Waals surface area contributed by atoms with Crippen molar-refractivity contribution in [3.63, 3.8) is 0 Å². The van der Waals surface area contributed by atoms with Gasteiger partial charge in [0.25, 0.3) is 46.4 Å². The van der Waals surface area contributed by atoms with Crippen LogP contribution >= 0.6 is 0 Å². The molecule has 8 heterocycles. The van der Waals surface area contributed by atoms with Gasteiger partial charge in [0.05, 0.1) is 79.9 Å². The minimum absolute atomic E-state index is 0.0240. The largest absolute Gasteiger partial charge is 0.505 e. The van der Waals surface area contributed by atoms with Gasteiger partial charge >= 0.3 is 0 Å². The molecule has 0 fully saturated rings. The average molecular weight is 1910 g/mol. The van der Waals surface area contributed by atoms with E-state index < -0.39 is 23.6 Å². The summed E-state index contributed by atoms with van der Waals surface area (Å²) >= 11 is 0. The number of hydrogen-bond donors (Lipinski definition) is 9. The number of amides is 4. The molecule has 20 aromatic rings. The lowest BCUT2D eigenvalue weighted by atomic mass is 10.0. The van der Waals surface area contributed by atoms with Gasteiger partial charge in [-0.3, -0.25) is 19.2 Å². The number of aromatic nitrogens is 12. The number of benzene rings is 12. The summed E-state index contributed by atoms with van der Waals surface area (Å²) in [5.41, 5.74) is 7.08. The predicted octanol–water partition coefficient (Wildman–Crippen LogP) is 25.8. The van der Waals surface area contributed by atoms with Crippen molar-refractivity contribution in [3.8, 4) is 46.3 Å². The van der Waals surface area contributed by atoms with Crippen LogP contribution in [0.5, 0.6) is 23.0 Å². The number of para-hydroxylation sites is 2.